The van der Waals surface area contributed by atoms with Crippen LogP contribution in [0.3, 0.4) is 0 Å². The van der Waals surface area contributed by atoms with Crippen molar-refractivity contribution < 1.29 is 4.42 Å². The molecule has 2 aromatic heterocycles. The summed E-state index contributed by atoms with van der Waals surface area (Å²) in [4.78, 5) is 4.32. The van der Waals surface area contributed by atoms with Crippen LogP contribution in [0.5, 0.6) is 0 Å². The minimum Gasteiger partial charge on any atom is -0.444 e. The van der Waals surface area contributed by atoms with Gasteiger partial charge in [-0.15, -0.1) is 5.10 Å². The van der Waals surface area contributed by atoms with Crippen LogP contribution in [0.2, 0.25) is 0 Å². The van der Waals surface area contributed by atoms with Gasteiger partial charge in [0.1, 0.15) is 10.8 Å². The molecule has 0 aromatic carbocycles. The van der Waals surface area contributed by atoms with Crippen LogP contribution in [0.15, 0.2) is 21.8 Å². The zero-order valence-corrected chi connectivity index (χ0v) is 11.2. The average molecular weight is 252 g/mol. The number of hydrogen-bond acceptors (Lipinski definition) is 5. The van der Waals surface area contributed by atoms with Gasteiger partial charge in [0.05, 0.1) is 17.6 Å². The molecule has 0 bridgehead atoms. The van der Waals surface area contributed by atoms with Gasteiger partial charge in [-0.05, 0) is 6.92 Å². The van der Waals surface area contributed by atoms with E-state index in [9.17, 15) is 0 Å². The third kappa shape index (κ3) is 2.88. The Bertz CT molecular complexity index is 472. The van der Waals surface area contributed by atoms with Crippen LogP contribution in [0.1, 0.15) is 44.6 Å². The third-order valence-electron chi connectivity index (χ3n) is 2.30. The lowest BCUT2D eigenvalue weighted by molar-refractivity contribution is 0.383. The van der Waals surface area contributed by atoms with Crippen molar-refractivity contribution in [2.24, 2.45) is 0 Å². The Morgan fingerprint density at radius 1 is 1.35 bits per heavy atom. The minimum atomic E-state index is -0.0104. The summed E-state index contributed by atoms with van der Waals surface area (Å²) >= 11 is 1.57. The first kappa shape index (κ1) is 12.2. The van der Waals surface area contributed by atoms with Gasteiger partial charge in [-0.3, -0.25) is 0 Å². The Morgan fingerprint density at radius 2 is 2.12 bits per heavy atom. The topological polar surface area (TPSA) is 67.6 Å². The highest BCUT2D eigenvalue weighted by molar-refractivity contribution is 7.99. The molecule has 0 unspecified atom stereocenters. The molecule has 0 saturated heterocycles. The zero-order valence-electron chi connectivity index (χ0n) is 10.4. The van der Waals surface area contributed by atoms with E-state index in [1.165, 1.54) is 0 Å². The molecule has 0 aliphatic heterocycles. The normalized spacial score (nSPS) is 13.9. The summed E-state index contributed by atoms with van der Waals surface area (Å²) < 4.78 is 5.77. The summed E-state index contributed by atoms with van der Waals surface area (Å²) in [5.41, 5.74) is -0.0104. The van der Waals surface area contributed by atoms with E-state index in [1.54, 1.807) is 24.2 Å². The van der Waals surface area contributed by atoms with Crippen molar-refractivity contribution in [3.05, 3.63) is 24.0 Å². The second kappa shape index (κ2) is 4.52. The predicted molar refractivity (Wildman–Crippen MR) is 65.9 cm³/mol. The van der Waals surface area contributed by atoms with Crippen LogP contribution in [0.4, 0.5) is 0 Å². The molecule has 2 heterocycles. The molecule has 1 atom stereocenters. The van der Waals surface area contributed by atoms with E-state index in [4.69, 9.17) is 4.42 Å². The lowest BCUT2D eigenvalue weighted by Gasteiger charge is -2.13. The van der Waals surface area contributed by atoms with E-state index in [0.29, 0.717) is 0 Å². The van der Waals surface area contributed by atoms with Crippen molar-refractivity contribution in [1.82, 2.24) is 20.4 Å². The van der Waals surface area contributed by atoms with Crippen molar-refractivity contribution in [2.45, 2.75) is 43.4 Å². The van der Waals surface area contributed by atoms with Crippen molar-refractivity contribution >= 4 is 11.8 Å². The van der Waals surface area contributed by atoms with Crippen LogP contribution in [-0.4, -0.2) is 20.4 Å². The molecule has 6 heteroatoms. The number of hydrogen-bond donors (Lipinski definition) is 1. The molecule has 17 heavy (non-hydrogen) atoms. The first-order chi connectivity index (χ1) is 7.97. The average Bonchev–Trinajstić information content (AvgIpc) is 2.85. The number of aromatic amines is 1. The van der Waals surface area contributed by atoms with Crippen molar-refractivity contribution in [3.63, 3.8) is 0 Å². The molecule has 0 fully saturated rings. The maximum absolute atomic E-state index is 5.77. The standard InChI is InChI=1S/C11H16N4OS/c1-7(17-9-6-13-15-14-9)10-12-5-8(16-10)11(2,3)4/h5-7H,1-4H3,(H,13,14,15)/t7-/m1/s1. The molecule has 1 N–H and O–H groups in total. The molecule has 5 nitrogen and oxygen atoms in total. The van der Waals surface area contributed by atoms with Gasteiger partial charge in [-0.1, -0.05) is 32.5 Å². The van der Waals surface area contributed by atoms with Gasteiger partial charge in [0.2, 0.25) is 5.89 Å². The summed E-state index contributed by atoms with van der Waals surface area (Å²) in [6, 6.07) is 0. The van der Waals surface area contributed by atoms with E-state index in [1.807, 2.05) is 6.92 Å². The van der Waals surface area contributed by atoms with E-state index in [-0.39, 0.29) is 10.7 Å². The number of rotatable bonds is 3. The summed E-state index contributed by atoms with van der Waals surface area (Å²) in [5, 5.41) is 11.3. The minimum absolute atomic E-state index is 0.0104. The Kier molecular flexibility index (Phi) is 3.24. The second-order valence-electron chi connectivity index (χ2n) is 4.88. The molecule has 0 radical (unpaired) electrons. The monoisotopic (exact) mass is 252 g/mol. The van der Waals surface area contributed by atoms with Crippen LogP contribution >= 0.6 is 11.8 Å². The molecule has 0 spiro atoms. The third-order valence-corrected chi connectivity index (χ3v) is 3.29. The fourth-order valence-corrected chi connectivity index (χ4v) is 2.08. The molecule has 0 saturated carbocycles. The molecule has 0 aliphatic rings. The van der Waals surface area contributed by atoms with Crippen LogP contribution in [0, 0.1) is 0 Å². The molecule has 0 amide bonds. The zero-order chi connectivity index (χ0) is 12.5. The maximum atomic E-state index is 5.77. The van der Waals surface area contributed by atoms with Crippen molar-refractivity contribution in [1.29, 1.82) is 0 Å². The van der Waals surface area contributed by atoms with Gasteiger partial charge in [0.25, 0.3) is 0 Å². The van der Waals surface area contributed by atoms with Crippen LogP contribution < -0.4 is 0 Å². The lowest BCUT2D eigenvalue weighted by Crippen LogP contribution is -2.09. The van der Waals surface area contributed by atoms with Gasteiger partial charge < -0.3 is 4.42 Å². The smallest absolute Gasteiger partial charge is 0.207 e. The fraction of sp³-hybridized carbons (Fsp3) is 0.545. The first-order valence-corrected chi connectivity index (χ1v) is 6.33. The number of H-pyrrole nitrogens is 1. The highest BCUT2D eigenvalue weighted by Crippen LogP contribution is 2.34. The highest BCUT2D eigenvalue weighted by Gasteiger charge is 2.22. The quantitative estimate of drug-likeness (QED) is 0.851. The molecule has 2 aromatic rings. The Balaban J connectivity index is 2.10. The van der Waals surface area contributed by atoms with Gasteiger partial charge >= 0.3 is 0 Å². The molecular weight excluding hydrogens is 236 g/mol. The SMILES string of the molecule is C[C@@H](Sc1cn[nH]n1)c1ncc(C(C)(C)C)o1. The van der Waals surface area contributed by atoms with Gasteiger partial charge in [-0.25, -0.2) is 4.98 Å². The second-order valence-corrected chi connectivity index (χ2v) is 6.24. The summed E-state index contributed by atoms with van der Waals surface area (Å²) in [6.07, 6.45) is 3.49. The Labute approximate surface area is 104 Å². The number of aromatic nitrogens is 4. The largest absolute Gasteiger partial charge is 0.444 e. The fourth-order valence-electron chi connectivity index (χ4n) is 1.30. The summed E-state index contributed by atoms with van der Waals surface area (Å²) in [6.45, 7) is 8.35. The van der Waals surface area contributed by atoms with E-state index >= 15 is 0 Å². The van der Waals surface area contributed by atoms with Crippen LogP contribution in [-0.2, 0) is 5.41 Å². The maximum Gasteiger partial charge on any atom is 0.207 e. The Morgan fingerprint density at radius 3 is 2.65 bits per heavy atom. The number of thioether (sulfide) groups is 1. The number of nitrogens with one attached hydrogen (secondary N) is 1. The first-order valence-electron chi connectivity index (χ1n) is 5.45. The van der Waals surface area contributed by atoms with Crippen molar-refractivity contribution in [3.8, 4) is 0 Å². The van der Waals surface area contributed by atoms with Gasteiger partial charge in [0, 0.05) is 5.41 Å². The molecular formula is C11H16N4OS. The molecule has 2 rings (SSSR count). The summed E-state index contributed by atoms with van der Waals surface area (Å²) in [7, 11) is 0. The predicted octanol–water partition coefficient (Wildman–Crippen LogP) is 2.94. The van der Waals surface area contributed by atoms with E-state index in [2.05, 4.69) is 41.2 Å². The Hall–Kier alpha value is -1.30. The molecule has 0 aliphatic carbocycles. The lowest BCUT2D eigenvalue weighted by atomic mass is 9.94. The highest BCUT2D eigenvalue weighted by atomic mass is 32.2. The van der Waals surface area contributed by atoms with Gasteiger partial charge in [0.15, 0.2) is 0 Å². The van der Waals surface area contributed by atoms with Crippen LogP contribution in [0.25, 0.3) is 0 Å². The molecule has 92 valence electrons. The number of oxazole rings is 1. The summed E-state index contributed by atoms with van der Waals surface area (Å²) in [5.74, 6) is 1.63. The van der Waals surface area contributed by atoms with E-state index < -0.39 is 0 Å². The number of nitrogens with zero attached hydrogens (tertiary/aromatic N) is 3. The van der Waals surface area contributed by atoms with E-state index in [0.717, 1.165) is 16.7 Å². The van der Waals surface area contributed by atoms with Crippen molar-refractivity contribution in [2.75, 3.05) is 0 Å². The van der Waals surface area contributed by atoms with Gasteiger partial charge in [-0.2, -0.15) is 10.3 Å².